The van der Waals surface area contributed by atoms with E-state index in [0.717, 1.165) is 28.1 Å². The van der Waals surface area contributed by atoms with Crippen LogP contribution in [0.5, 0.6) is 0 Å². The van der Waals surface area contributed by atoms with Gasteiger partial charge in [-0.1, -0.05) is 29.4 Å². The van der Waals surface area contributed by atoms with E-state index in [1.165, 1.54) is 11.8 Å². The monoisotopic (exact) mass is 453 g/mol. The molecule has 0 aliphatic heterocycles. The fourth-order valence-electron chi connectivity index (χ4n) is 3.14. The molecule has 7 nitrogen and oxygen atoms in total. The van der Waals surface area contributed by atoms with Gasteiger partial charge in [-0.05, 0) is 68.3 Å². The summed E-state index contributed by atoms with van der Waals surface area (Å²) in [5, 5.41) is 16.4. The Labute approximate surface area is 188 Å². The van der Waals surface area contributed by atoms with Crippen molar-refractivity contribution in [3.05, 3.63) is 70.4 Å². The molecule has 1 N–H and O–H groups in total. The van der Waals surface area contributed by atoms with Crippen LogP contribution in [0.15, 0.2) is 58.2 Å². The minimum absolute atomic E-state index is 0.124. The average Bonchev–Trinajstić information content (AvgIpc) is 3.33. The van der Waals surface area contributed by atoms with Gasteiger partial charge in [0.25, 0.3) is 5.22 Å². The lowest BCUT2D eigenvalue weighted by atomic mass is 10.1. The Morgan fingerprint density at radius 1 is 1.06 bits per heavy atom. The molecule has 0 spiro atoms. The number of carbonyl (C=O) groups excluding carboxylic acids is 1. The topological polar surface area (TPSA) is 85.8 Å². The number of aromatic nitrogens is 4. The molecule has 0 saturated carbocycles. The molecule has 4 rings (SSSR count). The zero-order chi connectivity index (χ0) is 22.0. The Balaban J connectivity index is 1.43. The highest BCUT2D eigenvalue weighted by Crippen LogP contribution is 2.25. The zero-order valence-electron chi connectivity index (χ0n) is 17.2. The van der Waals surface area contributed by atoms with Crippen LogP contribution in [0.25, 0.3) is 17.1 Å². The average molecular weight is 454 g/mol. The van der Waals surface area contributed by atoms with E-state index in [1.807, 2.05) is 39.0 Å². The quantitative estimate of drug-likeness (QED) is 0.402. The van der Waals surface area contributed by atoms with E-state index in [4.69, 9.17) is 16.0 Å². The summed E-state index contributed by atoms with van der Waals surface area (Å²) in [7, 11) is 0. The van der Waals surface area contributed by atoms with Gasteiger partial charge in [0.1, 0.15) is 5.82 Å². The van der Waals surface area contributed by atoms with Crippen LogP contribution in [0.4, 0.5) is 5.82 Å². The summed E-state index contributed by atoms with van der Waals surface area (Å²) in [6.45, 7) is 5.95. The lowest BCUT2D eigenvalue weighted by Crippen LogP contribution is -2.17. The number of nitrogens with zero attached hydrogens (tertiary/aromatic N) is 4. The van der Waals surface area contributed by atoms with E-state index in [-0.39, 0.29) is 11.7 Å². The standard InChI is InChI=1S/C22H20ClN5O2S/c1-13-8-14(2)10-18(9-13)28-19(11-15(3)27-28)24-20(29)12-31-22-26-25-21(30-22)16-4-6-17(23)7-5-16/h4-11H,12H2,1-3H3,(H,24,29). The molecule has 2 aromatic heterocycles. The van der Waals surface area contributed by atoms with Gasteiger partial charge >= 0.3 is 0 Å². The molecule has 0 aliphatic carbocycles. The molecule has 0 bridgehead atoms. The molecule has 0 unspecified atom stereocenters. The first kappa shape index (κ1) is 21.1. The summed E-state index contributed by atoms with van der Waals surface area (Å²) in [4.78, 5) is 12.5. The van der Waals surface area contributed by atoms with Crippen molar-refractivity contribution < 1.29 is 9.21 Å². The summed E-state index contributed by atoms with van der Waals surface area (Å²) in [6.07, 6.45) is 0. The third-order valence-corrected chi connectivity index (χ3v) is 5.44. The van der Waals surface area contributed by atoms with E-state index >= 15 is 0 Å². The maximum atomic E-state index is 12.5. The second kappa shape index (κ2) is 8.95. The fraction of sp³-hybridized carbons (Fsp3) is 0.182. The Morgan fingerprint density at radius 3 is 2.48 bits per heavy atom. The SMILES string of the molecule is Cc1cc(C)cc(-n2nc(C)cc2NC(=O)CSc2nnc(-c3ccc(Cl)cc3)o2)c1. The van der Waals surface area contributed by atoms with Crippen LogP contribution < -0.4 is 5.32 Å². The molecule has 2 heterocycles. The Hall–Kier alpha value is -3.10. The van der Waals surface area contributed by atoms with Crippen LogP contribution in [0.2, 0.25) is 5.02 Å². The summed E-state index contributed by atoms with van der Waals surface area (Å²) in [5.41, 5.74) is 4.73. The van der Waals surface area contributed by atoms with Crippen LogP contribution in [0.3, 0.4) is 0 Å². The van der Waals surface area contributed by atoms with Crippen molar-refractivity contribution in [1.82, 2.24) is 20.0 Å². The third kappa shape index (κ3) is 5.15. The zero-order valence-corrected chi connectivity index (χ0v) is 18.8. The number of aryl methyl sites for hydroxylation is 3. The third-order valence-electron chi connectivity index (χ3n) is 4.37. The lowest BCUT2D eigenvalue weighted by molar-refractivity contribution is -0.113. The number of rotatable bonds is 6. The molecule has 158 valence electrons. The number of hydrogen-bond donors (Lipinski definition) is 1. The second-order valence-electron chi connectivity index (χ2n) is 7.15. The van der Waals surface area contributed by atoms with Crippen LogP contribution in [0, 0.1) is 20.8 Å². The molecule has 9 heteroatoms. The highest BCUT2D eigenvalue weighted by molar-refractivity contribution is 7.99. The molecule has 0 atom stereocenters. The number of hydrogen-bond acceptors (Lipinski definition) is 6. The summed E-state index contributed by atoms with van der Waals surface area (Å²) in [5.74, 6) is 0.921. The van der Waals surface area contributed by atoms with Crippen molar-refractivity contribution in [2.45, 2.75) is 26.0 Å². The molecule has 0 aliphatic rings. The van der Waals surface area contributed by atoms with E-state index in [0.29, 0.717) is 22.0 Å². The van der Waals surface area contributed by atoms with Crippen molar-refractivity contribution >= 4 is 35.1 Å². The van der Waals surface area contributed by atoms with Crippen molar-refractivity contribution in [2.75, 3.05) is 11.1 Å². The van der Waals surface area contributed by atoms with Gasteiger partial charge in [-0.25, -0.2) is 4.68 Å². The molecule has 1 amide bonds. The van der Waals surface area contributed by atoms with Gasteiger partial charge in [0.15, 0.2) is 0 Å². The minimum Gasteiger partial charge on any atom is -0.411 e. The van der Waals surface area contributed by atoms with Crippen molar-refractivity contribution in [3.8, 4) is 17.1 Å². The Morgan fingerprint density at radius 2 is 1.77 bits per heavy atom. The summed E-state index contributed by atoms with van der Waals surface area (Å²) < 4.78 is 7.37. The van der Waals surface area contributed by atoms with E-state index in [2.05, 4.69) is 26.7 Å². The Bertz CT molecular complexity index is 1210. The van der Waals surface area contributed by atoms with Crippen molar-refractivity contribution in [2.24, 2.45) is 0 Å². The highest BCUT2D eigenvalue weighted by Gasteiger charge is 2.14. The number of halogens is 1. The molecular formula is C22H20ClN5O2S. The normalized spacial score (nSPS) is 11.0. The Kier molecular flexibility index (Phi) is 6.11. The first-order valence-corrected chi connectivity index (χ1v) is 10.9. The fourth-order valence-corrected chi connectivity index (χ4v) is 3.83. The van der Waals surface area contributed by atoms with Crippen LogP contribution in [0.1, 0.15) is 16.8 Å². The number of nitrogens with one attached hydrogen (secondary N) is 1. The molecule has 4 aromatic rings. The van der Waals surface area contributed by atoms with Gasteiger partial charge in [0.2, 0.25) is 11.8 Å². The first-order valence-electron chi connectivity index (χ1n) is 9.55. The summed E-state index contributed by atoms with van der Waals surface area (Å²) >= 11 is 7.07. The number of amides is 1. The van der Waals surface area contributed by atoms with Gasteiger partial charge in [0, 0.05) is 16.7 Å². The maximum Gasteiger partial charge on any atom is 0.277 e. The van der Waals surface area contributed by atoms with Crippen LogP contribution >= 0.6 is 23.4 Å². The molecule has 0 saturated heterocycles. The van der Waals surface area contributed by atoms with E-state index < -0.39 is 0 Å². The molecule has 2 aromatic carbocycles. The predicted molar refractivity (Wildman–Crippen MR) is 122 cm³/mol. The van der Waals surface area contributed by atoms with Gasteiger partial charge in [-0.2, -0.15) is 5.10 Å². The highest BCUT2D eigenvalue weighted by atomic mass is 35.5. The number of carbonyl (C=O) groups is 1. The number of anilines is 1. The smallest absolute Gasteiger partial charge is 0.277 e. The minimum atomic E-state index is -0.193. The number of benzene rings is 2. The van der Waals surface area contributed by atoms with Crippen molar-refractivity contribution in [3.63, 3.8) is 0 Å². The van der Waals surface area contributed by atoms with Gasteiger partial charge in [0.05, 0.1) is 17.1 Å². The number of thioether (sulfide) groups is 1. The van der Waals surface area contributed by atoms with Gasteiger partial charge in [-0.3, -0.25) is 4.79 Å². The van der Waals surface area contributed by atoms with Gasteiger partial charge in [-0.15, -0.1) is 10.2 Å². The van der Waals surface area contributed by atoms with E-state index in [9.17, 15) is 4.79 Å². The summed E-state index contributed by atoms with van der Waals surface area (Å²) in [6, 6.07) is 15.1. The lowest BCUT2D eigenvalue weighted by Gasteiger charge is -2.10. The largest absolute Gasteiger partial charge is 0.411 e. The first-order chi connectivity index (χ1) is 14.9. The van der Waals surface area contributed by atoms with Crippen LogP contribution in [-0.2, 0) is 4.79 Å². The molecule has 0 radical (unpaired) electrons. The van der Waals surface area contributed by atoms with Crippen molar-refractivity contribution in [1.29, 1.82) is 0 Å². The molecular weight excluding hydrogens is 434 g/mol. The maximum absolute atomic E-state index is 12.5. The second-order valence-corrected chi connectivity index (χ2v) is 8.51. The molecule has 0 fully saturated rings. The molecule has 31 heavy (non-hydrogen) atoms. The van der Waals surface area contributed by atoms with Crippen LogP contribution in [-0.4, -0.2) is 31.6 Å². The predicted octanol–water partition coefficient (Wildman–Crippen LogP) is 5.23. The van der Waals surface area contributed by atoms with Gasteiger partial charge < -0.3 is 9.73 Å². The van der Waals surface area contributed by atoms with E-state index in [1.54, 1.807) is 28.9 Å².